The largest absolute Gasteiger partial charge is 0.350 e. The van der Waals surface area contributed by atoms with Crippen LogP contribution in [-0.2, 0) is 6.42 Å². The van der Waals surface area contributed by atoms with Gasteiger partial charge in [0, 0.05) is 11.6 Å². The van der Waals surface area contributed by atoms with Gasteiger partial charge in [-0.3, -0.25) is 0 Å². The van der Waals surface area contributed by atoms with Crippen molar-refractivity contribution in [2.75, 3.05) is 0 Å². The van der Waals surface area contributed by atoms with E-state index in [4.69, 9.17) is 5.73 Å². The Hall–Kier alpha value is -1.84. The topological polar surface area (TPSA) is 67.5 Å². The summed E-state index contributed by atoms with van der Waals surface area (Å²) in [5.41, 5.74) is 10.9. The van der Waals surface area contributed by atoms with Crippen LogP contribution < -0.4 is 11.2 Å². The van der Waals surface area contributed by atoms with Crippen molar-refractivity contribution in [2.45, 2.75) is 32.1 Å². The molecular formula is C13H17N3O. The third kappa shape index (κ3) is 2.64. The number of primary amides is 1. The molecule has 0 unspecified atom stereocenters. The van der Waals surface area contributed by atoms with Crippen LogP contribution in [0.3, 0.4) is 0 Å². The summed E-state index contributed by atoms with van der Waals surface area (Å²) < 4.78 is 0. The average molecular weight is 231 g/mol. The van der Waals surface area contributed by atoms with Gasteiger partial charge in [-0.05, 0) is 37.3 Å². The Morgan fingerprint density at radius 3 is 3.00 bits per heavy atom. The van der Waals surface area contributed by atoms with Gasteiger partial charge in [0.1, 0.15) is 0 Å². The minimum Gasteiger partial charge on any atom is -0.350 e. The maximum atomic E-state index is 10.6. The third-order valence-corrected chi connectivity index (χ3v) is 3.22. The lowest BCUT2D eigenvalue weighted by atomic mass is 9.80. The zero-order valence-corrected chi connectivity index (χ0v) is 9.94. The van der Waals surface area contributed by atoms with Crippen LogP contribution in [0, 0.1) is 0 Å². The normalized spacial score (nSPS) is 19.6. The molecule has 0 radical (unpaired) electrons. The molecule has 0 saturated carbocycles. The Bertz CT molecular complexity index is 454. The van der Waals surface area contributed by atoms with Gasteiger partial charge in [-0.2, -0.15) is 5.10 Å². The number of nitrogens with zero attached hydrogens (tertiary/aromatic N) is 1. The summed E-state index contributed by atoms with van der Waals surface area (Å²) in [7, 11) is 0. The van der Waals surface area contributed by atoms with Crippen molar-refractivity contribution in [3.63, 3.8) is 0 Å². The molecule has 1 atom stereocenters. The predicted octanol–water partition coefficient (Wildman–Crippen LogP) is 2.15. The Labute approximate surface area is 101 Å². The molecule has 2 rings (SSSR count). The molecule has 1 aromatic rings. The number of hydrogen-bond acceptors (Lipinski definition) is 2. The fourth-order valence-electron chi connectivity index (χ4n) is 2.41. The van der Waals surface area contributed by atoms with Crippen molar-refractivity contribution in [3.8, 4) is 0 Å². The summed E-state index contributed by atoms with van der Waals surface area (Å²) in [6.45, 7) is 1.93. The van der Waals surface area contributed by atoms with Gasteiger partial charge in [-0.1, -0.05) is 24.3 Å². The zero-order valence-electron chi connectivity index (χ0n) is 9.94. The highest BCUT2D eigenvalue weighted by Crippen LogP contribution is 2.32. The molecular weight excluding hydrogens is 214 g/mol. The number of benzene rings is 1. The molecule has 4 heteroatoms. The molecule has 4 nitrogen and oxygen atoms in total. The van der Waals surface area contributed by atoms with Crippen LogP contribution in [0.15, 0.2) is 29.4 Å². The Balaban J connectivity index is 2.23. The monoisotopic (exact) mass is 231 g/mol. The number of urea groups is 1. The summed E-state index contributed by atoms with van der Waals surface area (Å²) in [6, 6.07) is 7.80. The molecule has 0 spiro atoms. The number of rotatable bonds is 2. The fraction of sp³-hybridized carbons (Fsp3) is 0.385. The van der Waals surface area contributed by atoms with Crippen LogP contribution >= 0.6 is 0 Å². The average Bonchev–Trinajstić information content (AvgIpc) is 2.35. The van der Waals surface area contributed by atoms with Gasteiger partial charge in [0.05, 0.1) is 0 Å². The first kappa shape index (κ1) is 11.6. The number of amides is 2. The number of carbonyl (C=O) groups excluding carboxylic acids is 1. The van der Waals surface area contributed by atoms with Crippen molar-refractivity contribution >= 4 is 11.7 Å². The van der Waals surface area contributed by atoms with Gasteiger partial charge < -0.3 is 5.73 Å². The first-order chi connectivity index (χ1) is 8.18. The summed E-state index contributed by atoms with van der Waals surface area (Å²) in [5, 5.41) is 4.04. The number of nitrogens with one attached hydrogen (secondary N) is 1. The molecule has 0 heterocycles. The molecule has 0 aliphatic heterocycles. The van der Waals surface area contributed by atoms with Crippen molar-refractivity contribution in [2.24, 2.45) is 10.8 Å². The summed E-state index contributed by atoms with van der Waals surface area (Å²) >= 11 is 0. The van der Waals surface area contributed by atoms with Crippen LogP contribution in [0.5, 0.6) is 0 Å². The van der Waals surface area contributed by atoms with Gasteiger partial charge in [0.2, 0.25) is 0 Å². The number of hydrogen-bond donors (Lipinski definition) is 2. The van der Waals surface area contributed by atoms with Crippen LogP contribution in [-0.4, -0.2) is 11.7 Å². The van der Waals surface area contributed by atoms with Crippen LogP contribution in [0.2, 0.25) is 0 Å². The van der Waals surface area contributed by atoms with Gasteiger partial charge in [-0.25, -0.2) is 10.2 Å². The molecule has 1 aromatic carbocycles. The Morgan fingerprint density at radius 1 is 1.47 bits per heavy atom. The number of carbonyl (C=O) groups is 1. The summed E-state index contributed by atoms with van der Waals surface area (Å²) in [4.78, 5) is 10.6. The number of hydrazone groups is 1. The molecule has 90 valence electrons. The second kappa shape index (κ2) is 4.99. The molecule has 0 fully saturated rings. The van der Waals surface area contributed by atoms with Crippen LogP contribution in [0.1, 0.15) is 36.8 Å². The standard InChI is InChI=1S/C13H17N3O/c1-9(15-16-13(14)17)11-8-4-6-10-5-2-3-7-12(10)11/h2-3,5,7,11H,4,6,8H2,1H3,(H3,14,16,17)/b15-9-/t11-/m1/s1. The quantitative estimate of drug-likeness (QED) is 0.594. The third-order valence-electron chi connectivity index (χ3n) is 3.22. The SMILES string of the molecule is C/C(=N/NC(N)=O)[C@H]1CCCc2ccccc21. The fourth-order valence-corrected chi connectivity index (χ4v) is 2.41. The lowest BCUT2D eigenvalue weighted by Gasteiger charge is -2.25. The molecule has 0 saturated heterocycles. The number of nitrogens with two attached hydrogens (primary N) is 1. The van der Waals surface area contributed by atoms with Gasteiger partial charge in [0.15, 0.2) is 0 Å². The molecule has 0 bridgehead atoms. The predicted molar refractivity (Wildman–Crippen MR) is 67.9 cm³/mol. The minimum atomic E-state index is -0.617. The molecule has 1 aliphatic carbocycles. The number of fused-ring (bicyclic) bond motifs is 1. The first-order valence-corrected chi connectivity index (χ1v) is 5.86. The maximum Gasteiger partial charge on any atom is 0.332 e. The maximum absolute atomic E-state index is 10.6. The van der Waals surface area contributed by atoms with E-state index in [1.807, 2.05) is 13.0 Å². The van der Waals surface area contributed by atoms with E-state index in [1.54, 1.807) is 0 Å². The summed E-state index contributed by atoms with van der Waals surface area (Å²) in [5.74, 6) is 0.298. The molecule has 2 amide bonds. The summed E-state index contributed by atoms with van der Waals surface area (Å²) in [6.07, 6.45) is 3.36. The van der Waals surface area contributed by atoms with Crippen LogP contribution in [0.4, 0.5) is 4.79 Å². The molecule has 1 aliphatic rings. The van der Waals surface area contributed by atoms with Crippen molar-refractivity contribution in [3.05, 3.63) is 35.4 Å². The Morgan fingerprint density at radius 2 is 2.24 bits per heavy atom. The van der Waals surface area contributed by atoms with Crippen molar-refractivity contribution < 1.29 is 4.79 Å². The van der Waals surface area contributed by atoms with Gasteiger partial charge in [0.25, 0.3) is 0 Å². The minimum absolute atomic E-state index is 0.298. The van der Waals surface area contributed by atoms with E-state index in [1.165, 1.54) is 11.1 Å². The first-order valence-electron chi connectivity index (χ1n) is 5.86. The number of aryl methyl sites for hydroxylation is 1. The van der Waals surface area contributed by atoms with Crippen molar-refractivity contribution in [1.82, 2.24) is 5.43 Å². The molecule has 17 heavy (non-hydrogen) atoms. The highest BCUT2D eigenvalue weighted by Gasteiger charge is 2.22. The van der Waals surface area contributed by atoms with Gasteiger partial charge >= 0.3 is 6.03 Å². The van der Waals surface area contributed by atoms with E-state index in [-0.39, 0.29) is 0 Å². The lowest BCUT2D eigenvalue weighted by molar-refractivity contribution is 0.249. The lowest BCUT2D eigenvalue weighted by Crippen LogP contribution is -2.27. The van der Waals surface area contributed by atoms with E-state index >= 15 is 0 Å². The Kier molecular flexibility index (Phi) is 3.42. The van der Waals surface area contributed by atoms with E-state index < -0.39 is 6.03 Å². The zero-order chi connectivity index (χ0) is 12.3. The second-order valence-corrected chi connectivity index (χ2v) is 4.37. The van der Waals surface area contributed by atoms with Gasteiger partial charge in [-0.15, -0.1) is 0 Å². The van der Waals surface area contributed by atoms with E-state index in [9.17, 15) is 4.79 Å². The second-order valence-electron chi connectivity index (χ2n) is 4.37. The highest BCUT2D eigenvalue weighted by molar-refractivity contribution is 5.90. The molecule has 3 N–H and O–H groups in total. The van der Waals surface area contributed by atoms with E-state index in [0.717, 1.165) is 25.0 Å². The van der Waals surface area contributed by atoms with Crippen LogP contribution in [0.25, 0.3) is 0 Å². The smallest absolute Gasteiger partial charge is 0.332 e. The van der Waals surface area contributed by atoms with E-state index in [2.05, 4.69) is 28.7 Å². The molecule has 0 aromatic heterocycles. The van der Waals surface area contributed by atoms with Crippen molar-refractivity contribution in [1.29, 1.82) is 0 Å². The van der Waals surface area contributed by atoms with E-state index in [0.29, 0.717) is 5.92 Å². The highest BCUT2D eigenvalue weighted by atomic mass is 16.2.